The van der Waals surface area contributed by atoms with E-state index in [0.717, 1.165) is 17.3 Å². The third kappa shape index (κ3) is 1.92. The van der Waals surface area contributed by atoms with Crippen LogP contribution in [0.3, 0.4) is 0 Å². The zero-order valence-corrected chi connectivity index (χ0v) is 11.6. The van der Waals surface area contributed by atoms with Crippen LogP contribution in [0.15, 0.2) is 18.2 Å². The van der Waals surface area contributed by atoms with E-state index in [2.05, 4.69) is 17.4 Å². The van der Waals surface area contributed by atoms with Crippen molar-refractivity contribution in [1.29, 1.82) is 0 Å². The van der Waals surface area contributed by atoms with Crippen LogP contribution in [0.1, 0.15) is 37.2 Å². The second-order valence-corrected chi connectivity index (χ2v) is 6.05. The Balaban J connectivity index is 1.92. The predicted octanol–water partition coefficient (Wildman–Crippen LogP) is 3.60. The highest BCUT2D eigenvalue weighted by Crippen LogP contribution is 2.51. The topological polar surface area (TPSA) is 21.3 Å². The number of hydrogen-bond acceptors (Lipinski definition) is 2. The average Bonchev–Trinajstić information content (AvgIpc) is 3.00. The lowest BCUT2D eigenvalue weighted by Gasteiger charge is -2.30. The molecule has 1 aromatic rings. The first kappa shape index (κ1) is 12.3. The molecule has 0 radical (unpaired) electrons. The van der Waals surface area contributed by atoms with E-state index in [1.807, 2.05) is 6.07 Å². The van der Waals surface area contributed by atoms with Gasteiger partial charge in [0, 0.05) is 19.0 Å². The highest BCUT2D eigenvalue weighted by molar-refractivity contribution is 6.32. The summed E-state index contributed by atoms with van der Waals surface area (Å²) in [5.74, 6) is 1.38. The third-order valence-electron chi connectivity index (χ3n) is 4.74. The Bertz CT molecular complexity index is 435. The minimum absolute atomic E-state index is 0.484. The van der Waals surface area contributed by atoms with Crippen molar-refractivity contribution in [2.75, 3.05) is 20.2 Å². The summed E-state index contributed by atoms with van der Waals surface area (Å²) in [6.07, 6.45) is 5.47. The van der Waals surface area contributed by atoms with E-state index in [0.29, 0.717) is 11.3 Å². The maximum absolute atomic E-state index is 6.26. The van der Waals surface area contributed by atoms with Crippen molar-refractivity contribution in [2.45, 2.75) is 31.6 Å². The Kier molecular flexibility index (Phi) is 3.25. The highest BCUT2D eigenvalue weighted by Gasteiger charge is 2.45. The van der Waals surface area contributed by atoms with Crippen LogP contribution in [0, 0.1) is 5.41 Å². The lowest BCUT2D eigenvalue weighted by atomic mass is 9.73. The second-order valence-electron chi connectivity index (χ2n) is 5.65. The van der Waals surface area contributed by atoms with Crippen LogP contribution in [0.2, 0.25) is 5.02 Å². The summed E-state index contributed by atoms with van der Waals surface area (Å²) in [5.41, 5.74) is 1.85. The number of rotatable bonds is 2. The van der Waals surface area contributed by atoms with E-state index in [1.54, 1.807) is 7.11 Å². The molecular formula is C15H20ClNO. The first-order valence-corrected chi connectivity index (χ1v) is 7.17. The minimum atomic E-state index is 0.484. The molecule has 98 valence electrons. The lowest BCUT2D eigenvalue weighted by Crippen LogP contribution is -2.25. The highest BCUT2D eigenvalue weighted by atomic mass is 35.5. The van der Waals surface area contributed by atoms with Crippen LogP contribution >= 0.6 is 11.6 Å². The normalized spacial score (nSPS) is 25.8. The van der Waals surface area contributed by atoms with Crippen LogP contribution < -0.4 is 10.1 Å². The summed E-state index contributed by atoms with van der Waals surface area (Å²) >= 11 is 6.26. The Labute approximate surface area is 114 Å². The van der Waals surface area contributed by atoms with Gasteiger partial charge in [-0.05, 0) is 36.0 Å². The van der Waals surface area contributed by atoms with Crippen molar-refractivity contribution in [2.24, 2.45) is 5.41 Å². The fraction of sp³-hybridized carbons (Fsp3) is 0.600. The van der Waals surface area contributed by atoms with Gasteiger partial charge in [0.1, 0.15) is 5.75 Å². The minimum Gasteiger partial charge on any atom is -0.495 e. The van der Waals surface area contributed by atoms with Crippen molar-refractivity contribution in [1.82, 2.24) is 5.32 Å². The van der Waals surface area contributed by atoms with Crippen LogP contribution in [-0.2, 0) is 0 Å². The largest absolute Gasteiger partial charge is 0.495 e. The number of methoxy groups -OCH3 is 1. The van der Waals surface area contributed by atoms with Gasteiger partial charge >= 0.3 is 0 Å². The van der Waals surface area contributed by atoms with E-state index in [1.165, 1.54) is 37.8 Å². The molecule has 18 heavy (non-hydrogen) atoms. The van der Waals surface area contributed by atoms with Crippen LogP contribution in [0.5, 0.6) is 5.75 Å². The van der Waals surface area contributed by atoms with Crippen molar-refractivity contribution in [3.63, 3.8) is 0 Å². The Morgan fingerprint density at radius 3 is 2.78 bits per heavy atom. The molecule has 3 rings (SSSR count). The Hall–Kier alpha value is -0.730. The van der Waals surface area contributed by atoms with Crippen LogP contribution in [0.25, 0.3) is 0 Å². The van der Waals surface area contributed by atoms with Gasteiger partial charge in [0.2, 0.25) is 0 Å². The molecule has 1 spiro atoms. The van der Waals surface area contributed by atoms with E-state index >= 15 is 0 Å². The molecule has 1 saturated carbocycles. The zero-order chi connectivity index (χ0) is 12.6. The number of ether oxygens (including phenoxy) is 1. The van der Waals surface area contributed by atoms with Gasteiger partial charge in [-0.15, -0.1) is 0 Å². The Morgan fingerprint density at radius 2 is 2.11 bits per heavy atom. The molecule has 1 aliphatic carbocycles. The lowest BCUT2D eigenvalue weighted by molar-refractivity contribution is 0.295. The fourth-order valence-electron chi connectivity index (χ4n) is 3.78. The monoisotopic (exact) mass is 265 g/mol. The fourth-order valence-corrected chi connectivity index (χ4v) is 4.05. The molecule has 1 aliphatic heterocycles. The van der Waals surface area contributed by atoms with Gasteiger partial charge in [0.15, 0.2) is 0 Å². The van der Waals surface area contributed by atoms with Gasteiger partial charge in [0.05, 0.1) is 12.1 Å². The molecular weight excluding hydrogens is 246 g/mol. The van der Waals surface area contributed by atoms with Gasteiger partial charge in [-0.25, -0.2) is 0 Å². The van der Waals surface area contributed by atoms with Crippen molar-refractivity contribution in [3.8, 4) is 5.75 Å². The summed E-state index contributed by atoms with van der Waals surface area (Å²) in [6.45, 7) is 2.25. The summed E-state index contributed by atoms with van der Waals surface area (Å²) < 4.78 is 5.23. The SMILES string of the molecule is COc1ccc(C2CNCC23CCCC3)cc1Cl. The summed E-state index contributed by atoms with van der Waals surface area (Å²) in [7, 11) is 1.66. The molecule has 1 unspecified atom stereocenters. The predicted molar refractivity (Wildman–Crippen MR) is 74.5 cm³/mol. The number of benzene rings is 1. The molecule has 0 amide bonds. The average molecular weight is 266 g/mol. The molecule has 1 atom stereocenters. The maximum Gasteiger partial charge on any atom is 0.137 e. The van der Waals surface area contributed by atoms with Crippen molar-refractivity contribution >= 4 is 11.6 Å². The molecule has 1 aromatic carbocycles. The van der Waals surface area contributed by atoms with Crippen molar-refractivity contribution in [3.05, 3.63) is 28.8 Å². The number of halogens is 1. The Morgan fingerprint density at radius 1 is 1.33 bits per heavy atom. The molecule has 3 heteroatoms. The molecule has 2 fully saturated rings. The van der Waals surface area contributed by atoms with Gasteiger partial charge in [-0.2, -0.15) is 0 Å². The first-order valence-electron chi connectivity index (χ1n) is 6.79. The molecule has 1 N–H and O–H groups in total. The molecule has 0 bridgehead atoms. The van der Waals surface area contributed by atoms with Crippen LogP contribution in [0.4, 0.5) is 0 Å². The second kappa shape index (κ2) is 4.75. The molecule has 2 aliphatic rings. The number of hydrogen-bond donors (Lipinski definition) is 1. The summed E-state index contributed by atoms with van der Waals surface area (Å²) in [5, 5.41) is 4.31. The summed E-state index contributed by atoms with van der Waals surface area (Å²) in [4.78, 5) is 0. The van der Waals surface area contributed by atoms with Gasteiger partial charge in [-0.1, -0.05) is 30.5 Å². The maximum atomic E-state index is 6.26. The van der Waals surface area contributed by atoms with Gasteiger partial charge in [-0.3, -0.25) is 0 Å². The standard InChI is InChI=1S/C15H20ClNO/c1-18-14-5-4-11(8-13(14)16)12-9-17-10-15(12)6-2-3-7-15/h4-5,8,12,17H,2-3,6-7,9-10H2,1H3. The summed E-state index contributed by atoms with van der Waals surface area (Å²) in [6, 6.07) is 6.28. The van der Waals surface area contributed by atoms with E-state index in [9.17, 15) is 0 Å². The first-order chi connectivity index (χ1) is 8.75. The molecule has 0 aromatic heterocycles. The van der Waals surface area contributed by atoms with E-state index in [-0.39, 0.29) is 0 Å². The zero-order valence-electron chi connectivity index (χ0n) is 10.8. The smallest absolute Gasteiger partial charge is 0.137 e. The number of nitrogens with one attached hydrogen (secondary N) is 1. The van der Waals surface area contributed by atoms with Crippen LogP contribution in [-0.4, -0.2) is 20.2 Å². The van der Waals surface area contributed by atoms with E-state index < -0.39 is 0 Å². The quantitative estimate of drug-likeness (QED) is 0.882. The van der Waals surface area contributed by atoms with Gasteiger partial charge < -0.3 is 10.1 Å². The van der Waals surface area contributed by atoms with Gasteiger partial charge in [0.25, 0.3) is 0 Å². The third-order valence-corrected chi connectivity index (χ3v) is 5.04. The molecule has 1 saturated heterocycles. The molecule has 1 heterocycles. The molecule has 2 nitrogen and oxygen atoms in total. The van der Waals surface area contributed by atoms with E-state index in [4.69, 9.17) is 16.3 Å². The van der Waals surface area contributed by atoms with Crippen molar-refractivity contribution < 1.29 is 4.74 Å².